The molecule has 100 valence electrons. The maximum Gasteiger partial charge on any atom is 0.247 e. The summed E-state index contributed by atoms with van der Waals surface area (Å²) in [5.41, 5.74) is 3.66. The number of nitrogens with one attached hydrogen (secondary N) is 1. The van der Waals surface area contributed by atoms with Crippen molar-refractivity contribution in [3.8, 4) is 0 Å². The molecule has 1 amide bonds. The molecule has 18 heavy (non-hydrogen) atoms. The normalized spacial score (nSPS) is 13.2. The third-order valence-electron chi connectivity index (χ3n) is 2.80. The summed E-state index contributed by atoms with van der Waals surface area (Å²) >= 11 is 1.55. The van der Waals surface area contributed by atoms with E-state index in [1.54, 1.807) is 11.8 Å². The van der Waals surface area contributed by atoms with E-state index in [-0.39, 0.29) is 16.6 Å². The van der Waals surface area contributed by atoms with Crippen LogP contribution in [0, 0.1) is 0 Å². The third kappa shape index (κ3) is 4.03. The minimum Gasteiger partial charge on any atom is -0.293 e. The molecule has 1 rings (SSSR count). The fourth-order valence-electron chi connectivity index (χ4n) is 1.61. The minimum atomic E-state index is -0.129. The first kappa shape index (κ1) is 15.1. The van der Waals surface area contributed by atoms with Crippen LogP contribution < -0.4 is 11.3 Å². The van der Waals surface area contributed by atoms with Gasteiger partial charge in [0.25, 0.3) is 0 Å². The van der Waals surface area contributed by atoms with Crippen molar-refractivity contribution in [1.29, 1.82) is 0 Å². The summed E-state index contributed by atoms with van der Waals surface area (Å²) in [5.74, 6) is 5.05. The van der Waals surface area contributed by atoms with Gasteiger partial charge in [0.1, 0.15) is 0 Å². The number of thioether (sulfide) groups is 1. The molecule has 1 aromatic rings. The average molecular weight is 266 g/mol. The monoisotopic (exact) mass is 266 g/mol. The Morgan fingerprint density at radius 1 is 1.33 bits per heavy atom. The van der Waals surface area contributed by atoms with Gasteiger partial charge in [0.2, 0.25) is 5.91 Å². The maximum atomic E-state index is 11.5. The van der Waals surface area contributed by atoms with E-state index < -0.39 is 0 Å². The number of hydrazine groups is 1. The summed E-state index contributed by atoms with van der Waals surface area (Å²) in [6.07, 6.45) is 0.759. The lowest BCUT2D eigenvalue weighted by Crippen LogP contribution is -2.37. The van der Waals surface area contributed by atoms with Gasteiger partial charge in [-0.05, 0) is 29.5 Å². The van der Waals surface area contributed by atoms with E-state index in [1.807, 2.05) is 6.92 Å². The van der Waals surface area contributed by atoms with E-state index in [0.717, 1.165) is 11.3 Å². The summed E-state index contributed by atoms with van der Waals surface area (Å²) in [7, 11) is 0. The van der Waals surface area contributed by atoms with Gasteiger partial charge >= 0.3 is 0 Å². The Bertz CT molecular complexity index is 395. The molecule has 0 saturated heterocycles. The van der Waals surface area contributed by atoms with Crippen LogP contribution in [0.25, 0.3) is 0 Å². The lowest BCUT2D eigenvalue weighted by atomic mass is 9.87. The Kier molecular flexibility index (Phi) is 5.23. The topological polar surface area (TPSA) is 55.1 Å². The van der Waals surface area contributed by atoms with Gasteiger partial charge < -0.3 is 0 Å². The van der Waals surface area contributed by atoms with Gasteiger partial charge in [-0.2, -0.15) is 0 Å². The molecule has 0 spiro atoms. The van der Waals surface area contributed by atoms with Gasteiger partial charge in [0.15, 0.2) is 0 Å². The number of hydrogen-bond acceptors (Lipinski definition) is 3. The van der Waals surface area contributed by atoms with Gasteiger partial charge in [-0.3, -0.25) is 10.2 Å². The summed E-state index contributed by atoms with van der Waals surface area (Å²) in [5, 5.41) is -0.129. The zero-order valence-corrected chi connectivity index (χ0v) is 12.3. The molecule has 3 N–H and O–H groups in total. The summed E-state index contributed by atoms with van der Waals surface area (Å²) in [4.78, 5) is 12.6. The summed E-state index contributed by atoms with van der Waals surface area (Å²) in [6.45, 7) is 8.54. The molecule has 0 aliphatic carbocycles. The number of benzene rings is 1. The second-order valence-electron chi connectivity index (χ2n) is 5.30. The maximum absolute atomic E-state index is 11.5. The highest BCUT2D eigenvalue weighted by atomic mass is 32.2. The highest BCUT2D eigenvalue weighted by Gasteiger charge is 2.17. The Morgan fingerprint density at radius 3 is 2.28 bits per heavy atom. The number of hydrogen-bond donors (Lipinski definition) is 2. The Hall–Kier alpha value is -1.00. The molecule has 0 radical (unpaired) electrons. The fourth-order valence-corrected chi connectivity index (χ4v) is 2.58. The van der Waals surface area contributed by atoms with Crippen molar-refractivity contribution in [3.63, 3.8) is 0 Å². The van der Waals surface area contributed by atoms with Gasteiger partial charge in [-0.25, -0.2) is 5.84 Å². The van der Waals surface area contributed by atoms with Crippen LogP contribution in [0.1, 0.15) is 39.7 Å². The standard InChI is InChI=1S/C14H22N2OS/c1-5-12(13(17)16-15)18-11-8-6-10(7-9-11)14(2,3)4/h6-9,12H,5,15H2,1-4H3,(H,16,17). The molecule has 4 heteroatoms. The summed E-state index contributed by atoms with van der Waals surface area (Å²) in [6, 6.07) is 8.38. The van der Waals surface area contributed by atoms with Crippen LogP contribution in [0.2, 0.25) is 0 Å². The first-order chi connectivity index (χ1) is 8.38. The van der Waals surface area contributed by atoms with E-state index in [4.69, 9.17) is 5.84 Å². The molecular formula is C14H22N2OS. The van der Waals surface area contributed by atoms with E-state index >= 15 is 0 Å². The Labute approximate surface area is 113 Å². The van der Waals surface area contributed by atoms with E-state index in [1.165, 1.54) is 5.56 Å². The number of carbonyl (C=O) groups excluding carboxylic acids is 1. The second kappa shape index (κ2) is 6.25. The van der Waals surface area contributed by atoms with Crippen molar-refractivity contribution in [1.82, 2.24) is 5.43 Å². The van der Waals surface area contributed by atoms with Crippen LogP contribution in [-0.2, 0) is 10.2 Å². The Morgan fingerprint density at radius 2 is 1.89 bits per heavy atom. The summed E-state index contributed by atoms with van der Waals surface area (Å²) < 4.78 is 0. The van der Waals surface area contributed by atoms with Crippen LogP contribution >= 0.6 is 11.8 Å². The van der Waals surface area contributed by atoms with Gasteiger partial charge in [0.05, 0.1) is 5.25 Å². The molecule has 0 saturated carbocycles. The van der Waals surface area contributed by atoms with Gasteiger partial charge in [0, 0.05) is 4.90 Å². The first-order valence-electron chi connectivity index (χ1n) is 6.16. The van der Waals surface area contributed by atoms with Crippen molar-refractivity contribution >= 4 is 17.7 Å². The molecule has 0 aromatic heterocycles. The molecule has 3 nitrogen and oxygen atoms in total. The lowest BCUT2D eigenvalue weighted by molar-refractivity contribution is -0.120. The molecule has 0 fully saturated rings. The molecule has 1 atom stereocenters. The Balaban J connectivity index is 2.77. The van der Waals surface area contributed by atoms with Crippen LogP contribution in [0.15, 0.2) is 29.2 Å². The van der Waals surface area contributed by atoms with Gasteiger partial charge in [-0.15, -0.1) is 11.8 Å². The minimum absolute atomic E-state index is 0.123. The van der Waals surface area contributed by atoms with Crippen molar-refractivity contribution in [2.24, 2.45) is 5.84 Å². The zero-order chi connectivity index (χ0) is 13.8. The number of rotatable bonds is 4. The third-order valence-corrected chi connectivity index (χ3v) is 4.18. The van der Waals surface area contributed by atoms with Crippen LogP contribution in [-0.4, -0.2) is 11.2 Å². The van der Waals surface area contributed by atoms with Crippen molar-refractivity contribution < 1.29 is 4.79 Å². The van der Waals surface area contributed by atoms with E-state index in [2.05, 4.69) is 50.5 Å². The highest BCUT2D eigenvalue weighted by Crippen LogP contribution is 2.28. The quantitative estimate of drug-likeness (QED) is 0.381. The molecule has 1 aromatic carbocycles. The van der Waals surface area contributed by atoms with Gasteiger partial charge in [-0.1, -0.05) is 39.8 Å². The molecule has 0 bridgehead atoms. The van der Waals surface area contributed by atoms with Crippen molar-refractivity contribution in [2.45, 2.75) is 49.7 Å². The SMILES string of the molecule is CCC(Sc1ccc(C(C)(C)C)cc1)C(=O)NN. The van der Waals surface area contributed by atoms with Crippen LogP contribution in [0.3, 0.4) is 0 Å². The molecular weight excluding hydrogens is 244 g/mol. The van der Waals surface area contributed by atoms with Crippen molar-refractivity contribution in [3.05, 3.63) is 29.8 Å². The lowest BCUT2D eigenvalue weighted by Gasteiger charge is -2.19. The predicted molar refractivity (Wildman–Crippen MR) is 77.4 cm³/mol. The molecule has 0 heterocycles. The zero-order valence-electron chi connectivity index (χ0n) is 11.5. The van der Waals surface area contributed by atoms with Crippen LogP contribution in [0.4, 0.5) is 0 Å². The molecule has 0 aliphatic heterocycles. The second-order valence-corrected chi connectivity index (χ2v) is 6.57. The van der Waals surface area contributed by atoms with E-state index in [9.17, 15) is 4.79 Å². The fraction of sp³-hybridized carbons (Fsp3) is 0.500. The average Bonchev–Trinajstić information content (AvgIpc) is 2.34. The predicted octanol–water partition coefficient (Wildman–Crippen LogP) is 2.84. The number of carbonyl (C=O) groups is 1. The first-order valence-corrected chi connectivity index (χ1v) is 7.04. The highest BCUT2D eigenvalue weighted by molar-refractivity contribution is 8.00. The number of amides is 1. The van der Waals surface area contributed by atoms with Crippen molar-refractivity contribution in [2.75, 3.05) is 0 Å². The number of nitrogens with two attached hydrogens (primary N) is 1. The van der Waals surface area contributed by atoms with Crippen LogP contribution in [0.5, 0.6) is 0 Å². The smallest absolute Gasteiger partial charge is 0.247 e. The molecule has 1 unspecified atom stereocenters. The molecule has 0 aliphatic rings. The largest absolute Gasteiger partial charge is 0.293 e. The van der Waals surface area contributed by atoms with E-state index in [0.29, 0.717) is 0 Å².